The Bertz CT molecular complexity index is 999. The van der Waals surface area contributed by atoms with Crippen LogP contribution in [0.3, 0.4) is 0 Å². The zero-order valence-electron chi connectivity index (χ0n) is 18.1. The van der Waals surface area contributed by atoms with Gasteiger partial charge in [0.2, 0.25) is 15.9 Å². The monoisotopic (exact) mass is 462 g/mol. The van der Waals surface area contributed by atoms with Crippen molar-refractivity contribution in [2.75, 3.05) is 32.5 Å². The number of ether oxygens (including phenoxy) is 1. The third-order valence-corrected chi connectivity index (χ3v) is 8.38. The largest absolute Gasteiger partial charge is 0.497 e. The summed E-state index contributed by atoms with van der Waals surface area (Å²) in [6.07, 6.45) is 3.66. The van der Waals surface area contributed by atoms with Crippen LogP contribution in [0.2, 0.25) is 0 Å². The molecule has 0 saturated carbocycles. The fraction of sp³-hybridized carbons (Fsp3) is 0.435. The standard InChI is InChI=1S/C23H30N2O4S2/c1-4-6-16-31(27,28)24(13-5-2)17-22(26)25-14-11-21-20(12-15-30-21)23(25)18-7-9-19(29-3)10-8-18/h5,7-10,12,15,23H,2,4,6,11,13-14,16-17H2,1,3H3. The molecule has 0 spiro atoms. The molecule has 1 amide bonds. The van der Waals surface area contributed by atoms with Crippen molar-refractivity contribution in [2.45, 2.75) is 32.2 Å². The number of amides is 1. The molecule has 31 heavy (non-hydrogen) atoms. The number of carbonyl (C=O) groups excluding carboxylic acids is 1. The van der Waals surface area contributed by atoms with Gasteiger partial charge in [0.15, 0.2) is 0 Å². The molecule has 1 aliphatic heterocycles. The minimum absolute atomic E-state index is 0.0429. The average molecular weight is 463 g/mol. The maximum atomic E-state index is 13.4. The van der Waals surface area contributed by atoms with Crippen LogP contribution >= 0.6 is 11.3 Å². The summed E-state index contributed by atoms with van der Waals surface area (Å²) < 4.78 is 32.1. The fourth-order valence-corrected chi connectivity index (χ4v) is 6.30. The van der Waals surface area contributed by atoms with E-state index in [1.165, 1.54) is 15.3 Å². The highest BCUT2D eigenvalue weighted by atomic mass is 32.2. The second-order valence-electron chi connectivity index (χ2n) is 7.56. The molecule has 6 nitrogen and oxygen atoms in total. The van der Waals surface area contributed by atoms with E-state index in [9.17, 15) is 13.2 Å². The molecular weight excluding hydrogens is 432 g/mol. The first-order chi connectivity index (χ1) is 14.9. The summed E-state index contributed by atoms with van der Waals surface area (Å²) in [6, 6.07) is 9.53. The number of unbranched alkanes of at least 4 members (excludes halogenated alkanes) is 1. The zero-order valence-corrected chi connectivity index (χ0v) is 19.8. The molecule has 2 aromatic rings. The van der Waals surface area contributed by atoms with E-state index in [2.05, 4.69) is 12.6 Å². The molecule has 1 aromatic carbocycles. The Morgan fingerprint density at radius 1 is 1.32 bits per heavy atom. The van der Waals surface area contributed by atoms with Gasteiger partial charge in [0.05, 0.1) is 25.4 Å². The highest BCUT2D eigenvalue weighted by molar-refractivity contribution is 7.89. The smallest absolute Gasteiger partial charge is 0.238 e. The van der Waals surface area contributed by atoms with Gasteiger partial charge in [-0.1, -0.05) is 31.6 Å². The van der Waals surface area contributed by atoms with Gasteiger partial charge >= 0.3 is 0 Å². The van der Waals surface area contributed by atoms with Crippen molar-refractivity contribution in [3.05, 3.63) is 64.4 Å². The van der Waals surface area contributed by atoms with Crippen molar-refractivity contribution >= 4 is 27.3 Å². The molecule has 8 heteroatoms. The molecule has 2 heterocycles. The van der Waals surface area contributed by atoms with Crippen molar-refractivity contribution < 1.29 is 17.9 Å². The highest BCUT2D eigenvalue weighted by Crippen LogP contribution is 2.38. The fourth-order valence-electron chi connectivity index (χ4n) is 3.85. The van der Waals surface area contributed by atoms with Gasteiger partial charge in [-0.25, -0.2) is 8.42 Å². The number of hydrogen-bond acceptors (Lipinski definition) is 5. The average Bonchev–Trinajstić information content (AvgIpc) is 3.25. The number of rotatable bonds is 10. The van der Waals surface area contributed by atoms with Gasteiger partial charge in [0.25, 0.3) is 0 Å². The van der Waals surface area contributed by atoms with E-state index < -0.39 is 10.0 Å². The Labute approximate surface area is 189 Å². The number of hydrogen-bond donors (Lipinski definition) is 0. The first kappa shape index (κ1) is 23.5. The van der Waals surface area contributed by atoms with Crippen LogP contribution in [0.15, 0.2) is 48.4 Å². The van der Waals surface area contributed by atoms with Gasteiger partial charge in [0.1, 0.15) is 5.75 Å². The number of carbonyl (C=O) groups is 1. The van der Waals surface area contributed by atoms with Crippen LogP contribution in [0.4, 0.5) is 0 Å². The van der Waals surface area contributed by atoms with Crippen LogP contribution < -0.4 is 4.74 Å². The van der Waals surface area contributed by atoms with Crippen molar-refractivity contribution in [2.24, 2.45) is 0 Å². The SMILES string of the molecule is C=CCN(CC(=O)N1CCc2sccc2C1c1ccc(OC)cc1)S(=O)(=O)CCCC. The normalized spacial score (nSPS) is 16.2. The third-order valence-electron chi connectivity index (χ3n) is 5.51. The highest BCUT2D eigenvalue weighted by Gasteiger charge is 2.34. The van der Waals surface area contributed by atoms with Crippen LogP contribution in [0.1, 0.15) is 41.8 Å². The second kappa shape index (κ2) is 10.4. The molecule has 0 saturated heterocycles. The van der Waals surface area contributed by atoms with E-state index in [1.807, 2.05) is 41.5 Å². The molecule has 1 atom stereocenters. The lowest BCUT2D eigenvalue weighted by atomic mass is 9.93. The van der Waals surface area contributed by atoms with Crippen molar-refractivity contribution in [3.8, 4) is 5.75 Å². The molecular formula is C23H30N2O4S2. The van der Waals surface area contributed by atoms with E-state index in [-0.39, 0.29) is 30.8 Å². The number of fused-ring (bicyclic) bond motifs is 1. The maximum Gasteiger partial charge on any atom is 0.238 e. The minimum Gasteiger partial charge on any atom is -0.497 e. The summed E-state index contributed by atoms with van der Waals surface area (Å²) in [6.45, 7) is 6.13. The number of thiophene rings is 1. The summed E-state index contributed by atoms with van der Waals surface area (Å²) in [4.78, 5) is 16.5. The van der Waals surface area contributed by atoms with Crippen molar-refractivity contribution in [3.63, 3.8) is 0 Å². The number of methoxy groups -OCH3 is 1. The van der Waals surface area contributed by atoms with Crippen LogP contribution in [0.5, 0.6) is 5.75 Å². The van der Waals surface area contributed by atoms with Gasteiger partial charge in [0, 0.05) is 18.0 Å². The van der Waals surface area contributed by atoms with Crippen molar-refractivity contribution in [1.82, 2.24) is 9.21 Å². The van der Waals surface area contributed by atoms with E-state index in [0.29, 0.717) is 13.0 Å². The lowest BCUT2D eigenvalue weighted by Crippen LogP contribution is -2.47. The Kier molecular flexibility index (Phi) is 7.91. The summed E-state index contributed by atoms with van der Waals surface area (Å²) in [7, 11) is -1.90. The first-order valence-corrected chi connectivity index (χ1v) is 13.0. The summed E-state index contributed by atoms with van der Waals surface area (Å²) in [5.41, 5.74) is 2.09. The summed E-state index contributed by atoms with van der Waals surface area (Å²) >= 11 is 1.70. The topological polar surface area (TPSA) is 66.9 Å². The number of benzene rings is 1. The Morgan fingerprint density at radius 3 is 2.71 bits per heavy atom. The molecule has 1 unspecified atom stereocenters. The number of sulfonamides is 1. The molecule has 3 rings (SSSR count). The quantitative estimate of drug-likeness (QED) is 0.503. The first-order valence-electron chi connectivity index (χ1n) is 10.5. The zero-order chi connectivity index (χ0) is 22.4. The molecule has 0 aliphatic carbocycles. The molecule has 0 bridgehead atoms. The van der Waals surface area contributed by atoms with Gasteiger partial charge in [-0.2, -0.15) is 4.31 Å². The van der Waals surface area contributed by atoms with E-state index >= 15 is 0 Å². The molecule has 0 fully saturated rings. The Hall–Kier alpha value is -2.16. The van der Waals surface area contributed by atoms with E-state index in [4.69, 9.17) is 4.74 Å². The molecule has 168 valence electrons. The van der Waals surface area contributed by atoms with Crippen LogP contribution in [-0.4, -0.2) is 56.0 Å². The minimum atomic E-state index is -3.52. The lowest BCUT2D eigenvalue weighted by molar-refractivity contribution is -0.133. The third kappa shape index (κ3) is 5.37. The van der Waals surface area contributed by atoms with Gasteiger partial charge in [-0.05, 0) is 47.5 Å². The van der Waals surface area contributed by atoms with E-state index in [1.54, 1.807) is 18.4 Å². The lowest BCUT2D eigenvalue weighted by Gasteiger charge is -2.37. The molecule has 1 aliphatic rings. The van der Waals surface area contributed by atoms with Crippen LogP contribution in [0, 0.1) is 0 Å². The molecule has 0 N–H and O–H groups in total. The van der Waals surface area contributed by atoms with Gasteiger partial charge < -0.3 is 9.64 Å². The summed E-state index contributed by atoms with van der Waals surface area (Å²) in [5, 5.41) is 2.05. The predicted octanol–water partition coefficient (Wildman–Crippen LogP) is 3.85. The van der Waals surface area contributed by atoms with Crippen molar-refractivity contribution in [1.29, 1.82) is 0 Å². The number of nitrogens with zero attached hydrogens (tertiary/aromatic N) is 2. The van der Waals surface area contributed by atoms with Crippen LogP contribution in [0.25, 0.3) is 0 Å². The predicted molar refractivity (Wildman–Crippen MR) is 125 cm³/mol. The Balaban J connectivity index is 1.89. The summed E-state index contributed by atoms with van der Waals surface area (Å²) in [5.74, 6) is 0.600. The van der Waals surface area contributed by atoms with Gasteiger partial charge in [-0.3, -0.25) is 4.79 Å². The molecule has 0 radical (unpaired) electrons. The molecule has 1 aromatic heterocycles. The van der Waals surface area contributed by atoms with E-state index in [0.717, 1.165) is 29.7 Å². The van der Waals surface area contributed by atoms with Crippen LogP contribution in [-0.2, 0) is 21.2 Å². The van der Waals surface area contributed by atoms with Gasteiger partial charge in [-0.15, -0.1) is 17.9 Å². The maximum absolute atomic E-state index is 13.4. The Morgan fingerprint density at radius 2 is 2.06 bits per heavy atom. The second-order valence-corrected chi connectivity index (χ2v) is 10.7.